The van der Waals surface area contributed by atoms with Crippen LogP contribution in [0.1, 0.15) is 42.4 Å². The first-order valence-corrected chi connectivity index (χ1v) is 11.8. The molecule has 2 amide bonds. The Hall–Kier alpha value is -1.93. The standard InChI is InChI=1S/C21H31N3O4S/c1-15-12-16(2)20(17(3)13-15)29(27,28)24-10-6-18(7-11-24)21(26)22-14-19(25)23-8-4-5-9-23/h12-13,18H,4-11,14H2,1-3H3,(H,22,26). The Balaban J connectivity index is 1.57. The van der Waals surface area contributed by atoms with Crippen molar-refractivity contribution in [2.45, 2.75) is 51.3 Å². The Kier molecular flexibility index (Phi) is 6.63. The van der Waals surface area contributed by atoms with Crippen LogP contribution in [0, 0.1) is 26.7 Å². The van der Waals surface area contributed by atoms with E-state index in [0.717, 1.165) is 42.6 Å². The third kappa shape index (κ3) is 4.80. The van der Waals surface area contributed by atoms with Crippen molar-refractivity contribution in [2.75, 3.05) is 32.7 Å². The Bertz CT molecular complexity index is 860. The highest BCUT2D eigenvalue weighted by Gasteiger charge is 2.34. The van der Waals surface area contributed by atoms with Crippen molar-refractivity contribution in [1.29, 1.82) is 0 Å². The lowest BCUT2D eigenvalue weighted by molar-refractivity contribution is -0.133. The van der Waals surface area contributed by atoms with E-state index in [0.29, 0.717) is 30.8 Å². The number of nitrogens with zero attached hydrogens (tertiary/aromatic N) is 2. The van der Waals surface area contributed by atoms with Crippen LogP contribution in [0.15, 0.2) is 17.0 Å². The maximum atomic E-state index is 13.2. The zero-order valence-electron chi connectivity index (χ0n) is 17.5. The average Bonchev–Trinajstić information content (AvgIpc) is 3.19. The highest BCUT2D eigenvalue weighted by atomic mass is 32.2. The fourth-order valence-electron chi connectivity index (χ4n) is 4.45. The molecule has 2 heterocycles. The Labute approximate surface area is 173 Å². The summed E-state index contributed by atoms with van der Waals surface area (Å²) in [7, 11) is -3.59. The van der Waals surface area contributed by atoms with Gasteiger partial charge in [0.25, 0.3) is 0 Å². The number of hydrogen-bond acceptors (Lipinski definition) is 4. The maximum Gasteiger partial charge on any atom is 0.243 e. The van der Waals surface area contributed by atoms with Crippen LogP contribution in [0.3, 0.4) is 0 Å². The summed E-state index contributed by atoms with van der Waals surface area (Å²) in [6.07, 6.45) is 2.97. The van der Waals surface area contributed by atoms with E-state index in [1.165, 1.54) is 4.31 Å². The molecule has 0 unspecified atom stereocenters. The number of carbonyl (C=O) groups excluding carboxylic acids is 2. The van der Waals surface area contributed by atoms with Gasteiger partial charge in [-0.3, -0.25) is 9.59 Å². The van der Waals surface area contributed by atoms with Crippen molar-refractivity contribution >= 4 is 21.8 Å². The van der Waals surface area contributed by atoms with Gasteiger partial charge in [0.1, 0.15) is 0 Å². The largest absolute Gasteiger partial charge is 0.347 e. The molecule has 7 nitrogen and oxygen atoms in total. The molecular weight excluding hydrogens is 390 g/mol. The topological polar surface area (TPSA) is 86.8 Å². The average molecular weight is 422 g/mol. The third-order valence-electron chi connectivity index (χ3n) is 5.90. The van der Waals surface area contributed by atoms with Gasteiger partial charge in [0.2, 0.25) is 21.8 Å². The van der Waals surface area contributed by atoms with Gasteiger partial charge >= 0.3 is 0 Å². The van der Waals surface area contributed by atoms with Crippen LogP contribution in [-0.4, -0.2) is 62.2 Å². The molecule has 29 heavy (non-hydrogen) atoms. The van der Waals surface area contributed by atoms with Crippen molar-refractivity contribution in [3.8, 4) is 0 Å². The first-order chi connectivity index (χ1) is 13.7. The van der Waals surface area contributed by atoms with E-state index in [-0.39, 0.29) is 24.3 Å². The molecule has 1 aromatic rings. The predicted octanol–water partition coefficient (Wildman–Crippen LogP) is 1.75. The molecule has 1 N–H and O–H groups in total. The van der Waals surface area contributed by atoms with Crippen LogP contribution in [0.25, 0.3) is 0 Å². The molecule has 1 aromatic carbocycles. The Morgan fingerprint density at radius 2 is 1.55 bits per heavy atom. The fourth-order valence-corrected chi connectivity index (χ4v) is 6.33. The lowest BCUT2D eigenvalue weighted by Crippen LogP contribution is -2.45. The number of piperidine rings is 1. The maximum absolute atomic E-state index is 13.2. The van der Waals surface area contributed by atoms with E-state index in [9.17, 15) is 18.0 Å². The van der Waals surface area contributed by atoms with Crippen LogP contribution in [0.4, 0.5) is 0 Å². The zero-order chi connectivity index (χ0) is 21.2. The minimum absolute atomic E-state index is 0.0269. The molecule has 2 fully saturated rings. The molecule has 0 spiro atoms. The summed E-state index contributed by atoms with van der Waals surface area (Å²) in [4.78, 5) is 26.7. The SMILES string of the molecule is Cc1cc(C)c(S(=O)(=O)N2CCC(C(=O)NCC(=O)N3CCCC3)CC2)c(C)c1. The number of carbonyl (C=O) groups is 2. The first kappa shape index (κ1) is 21.8. The van der Waals surface area contributed by atoms with E-state index < -0.39 is 10.0 Å². The molecule has 160 valence electrons. The number of amides is 2. The van der Waals surface area contributed by atoms with E-state index in [1.807, 2.05) is 32.9 Å². The van der Waals surface area contributed by atoms with E-state index in [1.54, 1.807) is 4.90 Å². The van der Waals surface area contributed by atoms with Gasteiger partial charge < -0.3 is 10.2 Å². The van der Waals surface area contributed by atoms with Gasteiger partial charge in [0, 0.05) is 32.1 Å². The lowest BCUT2D eigenvalue weighted by Gasteiger charge is -2.31. The summed E-state index contributed by atoms with van der Waals surface area (Å²) < 4.78 is 27.8. The van der Waals surface area contributed by atoms with Crippen LogP contribution in [-0.2, 0) is 19.6 Å². The fraction of sp³-hybridized carbons (Fsp3) is 0.619. The molecular formula is C21H31N3O4S. The minimum atomic E-state index is -3.59. The number of hydrogen-bond donors (Lipinski definition) is 1. The summed E-state index contributed by atoms with van der Waals surface area (Å²) in [5, 5.41) is 2.74. The summed E-state index contributed by atoms with van der Waals surface area (Å²) in [5.41, 5.74) is 2.54. The third-order valence-corrected chi connectivity index (χ3v) is 8.10. The molecule has 0 radical (unpaired) electrons. The van der Waals surface area contributed by atoms with E-state index >= 15 is 0 Å². The lowest BCUT2D eigenvalue weighted by atomic mass is 9.97. The number of likely N-dealkylation sites (tertiary alicyclic amines) is 1. The van der Waals surface area contributed by atoms with Gasteiger partial charge in [-0.1, -0.05) is 17.7 Å². The summed E-state index contributed by atoms with van der Waals surface area (Å²) >= 11 is 0. The molecule has 0 saturated carbocycles. The smallest absolute Gasteiger partial charge is 0.243 e. The molecule has 8 heteroatoms. The zero-order valence-corrected chi connectivity index (χ0v) is 18.3. The number of benzene rings is 1. The van der Waals surface area contributed by atoms with E-state index in [2.05, 4.69) is 5.32 Å². The molecule has 2 saturated heterocycles. The van der Waals surface area contributed by atoms with Gasteiger partial charge in [-0.15, -0.1) is 0 Å². The van der Waals surface area contributed by atoms with Crippen molar-refractivity contribution in [3.63, 3.8) is 0 Å². The van der Waals surface area contributed by atoms with Gasteiger partial charge in [0.15, 0.2) is 0 Å². The molecule has 3 rings (SSSR count). The number of aryl methyl sites for hydroxylation is 3. The summed E-state index contributed by atoms with van der Waals surface area (Å²) in [5.74, 6) is -0.452. The normalized spacial score (nSPS) is 18.8. The van der Waals surface area contributed by atoms with Gasteiger partial charge in [-0.2, -0.15) is 4.31 Å². The van der Waals surface area contributed by atoms with Crippen molar-refractivity contribution in [3.05, 3.63) is 28.8 Å². The molecule has 0 atom stereocenters. The second-order valence-corrected chi connectivity index (χ2v) is 10.1. The molecule has 2 aliphatic heterocycles. The van der Waals surface area contributed by atoms with Crippen LogP contribution in [0.2, 0.25) is 0 Å². The summed E-state index contributed by atoms with van der Waals surface area (Å²) in [6.45, 7) is 7.79. The number of sulfonamides is 1. The highest BCUT2D eigenvalue weighted by Crippen LogP contribution is 2.28. The van der Waals surface area contributed by atoms with Crippen LogP contribution >= 0.6 is 0 Å². The number of rotatable bonds is 5. The van der Waals surface area contributed by atoms with E-state index in [4.69, 9.17) is 0 Å². The van der Waals surface area contributed by atoms with Gasteiger partial charge in [-0.05, 0) is 57.6 Å². The molecule has 0 bridgehead atoms. The molecule has 0 aromatic heterocycles. The van der Waals surface area contributed by atoms with Gasteiger partial charge in [-0.25, -0.2) is 8.42 Å². The molecule has 0 aliphatic carbocycles. The second kappa shape index (κ2) is 8.83. The monoisotopic (exact) mass is 421 g/mol. The first-order valence-electron chi connectivity index (χ1n) is 10.3. The highest BCUT2D eigenvalue weighted by molar-refractivity contribution is 7.89. The number of nitrogens with one attached hydrogen (secondary N) is 1. The Morgan fingerprint density at radius 1 is 1.00 bits per heavy atom. The quantitative estimate of drug-likeness (QED) is 0.785. The van der Waals surface area contributed by atoms with Crippen molar-refractivity contribution in [2.24, 2.45) is 5.92 Å². The second-order valence-electron chi connectivity index (χ2n) is 8.21. The molecule has 2 aliphatic rings. The van der Waals surface area contributed by atoms with Crippen LogP contribution < -0.4 is 5.32 Å². The predicted molar refractivity (Wildman–Crippen MR) is 111 cm³/mol. The van der Waals surface area contributed by atoms with Crippen molar-refractivity contribution in [1.82, 2.24) is 14.5 Å². The van der Waals surface area contributed by atoms with Gasteiger partial charge in [0.05, 0.1) is 11.4 Å². The van der Waals surface area contributed by atoms with Crippen molar-refractivity contribution < 1.29 is 18.0 Å². The Morgan fingerprint density at radius 3 is 2.10 bits per heavy atom. The van der Waals surface area contributed by atoms with Crippen LogP contribution in [0.5, 0.6) is 0 Å². The minimum Gasteiger partial charge on any atom is -0.347 e. The summed E-state index contributed by atoms with van der Waals surface area (Å²) in [6, 6.07) is 3.77.